The SMILES string of the molecule is COc1cc(CN2C[C@H]3C[C@@H](CC(=O)N(C)C)O[C@H]3C2)cc(OC)c1. The maximum atomic E-state index is 11.9. The van der Waals surface area contributed by atoms with E-state index >= 15 is 0 Å². The second-order valence-electron chi connectivity index (χ2n) is 7.20. The van der Waals surface area contributed by atoms with Crippen molar-refractivity contribution in [2.45, 2.75) is 31.6 Å². The standard InChI is InChI=1S/C19H28N2O4/c1-20(2)19(22)9-17-7-14-11-21(12-18(14)25-17)10-13-5-15(23-3)8-16(6-13)24-4/h5-6,8,14,17-18H,7,9-12H2,1-4H3/t14-,17+,18+/m1/s1. The molecule has 2 heterocycles. The molecule has 3 rings (SSSR count). The van der Waals surface area contributed by atoms with Crippen molar-refractivity contribution >= 4 is 5.91 Å². The molecule has 0 aliphatic carbocycles. The molecule has 6 heteroatoms. The van der Waals surface area contributed by atoms with E-state index in [1.54, 1.807) is 33.2 Å². The Bertz CT molecular complexity index is 583. The largest absolute Gasteiger partial charge is 0.497 e. The molecule has 1 aromatic rings. The fourth-order valence-corrected chi connectivity index (χ4v) is 3.80. The molecule has 25 heavy (non-hydrogen) atoms. The van der Waals surface area contributed by atoms with Gasteiger partial charge in [0.1, 0.15) is 11.5 Å². The minimum absolute atomic E-state index is 0.0731. The van der Waals surface area contributed by atoms with E-state index in [9.17, 15) is 4.79 Å². The topological polar surface area (TPSA) is 51.2 Å². The predicted molar refractivity (Wildman–Crippen MR) is 94.9 cm³/mol. The summed E-state index contributed by atoms with van der Waals surface area (Å²) in [6, 6.07) is 5.99. The van der Waals surface area contributed by atoms with Crippen LogP contribution >= 0.6 is 0 Å². The van der Waals surface area contributed by atoms with Crippen molar-refractivity contribution in [1.82, 2.24) is 9.80 Å². The quantitative estimate of drug-likeness (QED) is 0.784. The Balaban J connectivity index is 1.55. The molecule has 0 bridgehead atoms. The van der Waals surface area contributed by atoms with Gasteiger partial charge in [-0.3, -0.25) is 9.69 Å². The zero-order valence-electron chi connectivity index (χ0n) is 15.5. The van der Waals surface area contributed by atoms with Gasteiger partial charge in [0.15, 0.2) is 0 Å². The summed E-state index contributed by atoms with van der Waals surface area (Å²) >= 11 is 0. The van der Waals surface area contributed by atoms with Crippen molar-refractivity contribution in [3.05, 3.63) is 23.8 Å². The lowest BCUT2D eigenvalue weighted by Crippen LogP contribution is -2.29. The number of benzene rings is 1. The lowest BCUT2D eigenvalue weighted by molar-refractivity contribution is -0.131. The van der Waals surface area contributed by atoms with Crippen LogP contribution in [0.2, 0.25) is 0 Å². The number of likely N-dealkylation sites (tertiary alicyclic amines) is 1. The monoisotopic (exact) mass is 348 g/mol. The molecular weight excluding hydrogens is 320 g/mol. The summed E-state index contributed by atoms with van der Waals surface area (Å²) in [6.07, 6.45) is 1.78. The number of ether oxygens (including phenoxy) is 3. The summed E-state index contributed by atoms with van der Waals surface area (Å²) < 4.78 is 16.8. The molecule has 0 radical (unpaired) electrons. The van der Waals surface area contributed by atoms with E-state index in [1.807, 2.05) is 6.07 Å². The van der Waals surface area contributed by atoms with Crippen LogP contribution < -0.4 is 9.47 Å². The second kappa shape index (κ2) is 7.62. The number of methoxy groups -OCH3 is 2. The summed E-state index contributed by atoms with van der Waals surface area (Å²) in [5.74, 6) is 2.29. The molecule has 0 N–H and O–H groups in total. The Kier molecular flexibility index (Phi) is 5.49. The van der Waals surface area contributed by atoms with Crippen LogP contribution in [0.4, 0.5) is 0 Å². The Morgan fingerprint density at radius 3 is 2.44 bits per heavy atom. The Labute approximate surface area is 149 Å². The Morgan fingerprint density at radius 2 is 1.88 bits per heavy atom. The highest BCUT2D eigenvalue weighted by atomic mass is 16.5. The number of amides is 1. The van der Waals surface area contributed by atoms with E-state index in [0.29, 0.717) is 12.3 Å². The van der Waals surface area contributed by atoms with Gasteiger partial charge in [-0.05, 0) is 24.1 Å². The van der Waals surface area contributed by atoms with Crippen molar-refractivity contribution in [2.75, 3.05) is 41.4 Å². The minimum Gasteiger partial charge on any atom is -0.497 e. The molecule has 3 atom stereocenters. The third kappa shape index (κ3) is 4.25. The zero-order chi connectivity index (χ0) is 18.0. The average molecular weight is 348 g/mol. The Morgan fingerprint density at radius 1 is 1.20 bits per heavy atom. The number of carbonyl (C=O) groups excluding carboxylic acids is 1. The number of hydrogen-bond donors (Lipinski definition) is 0. The highest BCUT2D eigenvalue weighted by Gasteiger charge is 2.42. The van der Waals surface area contributed by atoms with Crippen LogP contribution in [-0.4, -0.2) is 69.3 Å². The van der Waals surface area contributed by atoms with Crippen molar-refractivity contribution in [1.29, 1.82) is 0 Å². The van der Waals surface area contributed by atoms with Crippen molar-refractivity contribution in [2.24, 2.45) is 5.92 Å². The molecule has 1 amide bonds. The fraction of sp³-hybridized carbons (Fsp3) is 0.632. The highest BCUT2D eigenvalue weighted by molar-refractivity contribution is 5.76. The van der Waals surface area contributed by atoms with Crippen molar-refractivity contribution in [3.8, 4) is 11.5 Å². The highest BCUT2D eigenvalue weighted by Crippen LogP contribution is 2.35. The number of hydrogen-bond acceptors (Lipinski definition) is 5. The van der Waals surface area contributed by atoms with Crippen LogP contribution in [0.15, 0.2) is 18.2 Å². The maximum absolute atomic E-state index is 11.9. The number of nitrogens with zero attached hydrogens (tertiary/aromatic N) is 2. The van der Waals surface area contributed by atoms with Gasteiger partial charge in [-0.1, -0.05) is 0 Å². The molecule has 0 spiro atoms. The van der Waals surface area contributed by atoms with E-state index in [4.69, 9.17) is 14.2 Å². The number of fused-ring (bicyclic) bond motifs is 1. The average Bonchev–Trinajstić information content (AvgIpc) is 3.11. The zero-order valence-corrected chi connectivity index (χ0v) is 15.5. The third-order valence-electron chi connectivity index (χ3n) is 5.11. The second-order valence-corrected chi connectivity index (χ2v) is 7.20. The molecule has 2 aliphatic heterocycles. The molecule has 6 nitrogen and oxygen atoms in total. The van der Waals surface area contributed by atoms with Crippen molar-refractivity contribution < 1.29 is 19.0 Å². The number of rotatable bonds is 6. The normalized spacial score (nSPS) is 25.7. The first kappa shape index (κ1) is 18.0. The predicted octanol–water partition coefficient (Wildman–Crippen LogP) is 1.77. The molecule has 138 valence electrons. The summed E-state index contributed by atoms with van der Waals surface area (Å²) in [4.78, 5) is 15.9. The summed E-state index contributed by atoms with van der Waals surface area (Å²) in [5, 5.41) is 0. The van der Waals surface area contributed by atoms with Gasteiger partial charge >= 0.3 is 0 Å². The summed E-state index contributed by atoms with van der Waals surface area (Å²) in [7, 11) is 6.92. The van der Waals surface area contributed by atoms with Gasteiger partial charge in [-0.15, -0.1) is 0 Å². The van der Waals surface area contributed by atoms with Crippen molar-refractivity contribution in [3.63, 3.8) is 0 Å². The molecule has 0 saturated carbocycles. The number of carbonyl (C=O) groups is 1. The van der Waals surface area contributed by atoms with Gasteiger partial charge in [0.2, 0.25) is 5.91 Å². The molecule has 2 fully saturated rings. The van der Waals surface area contributed by atoms with Gasteiger partial charge in [0.25, 0.3) is 0 Å². The van der Waals surface area contributed by atoms with Gasteiger partial charge in [-0.25, -0.2) is 0 Å². The molecule has 0 aromatic heterocycles. The van der Waals surface area contributed by atoms with E-state index < -0.39 is 0 Å². The van der Waals surface area contributed by atoms with Crippen LogP contribution in [0.25, 0.3) is 0 Å². The first-order chi connectivity index (χ1) is 12.0. The summed E-state index contributed by atoms with van der Waals surface area (Å²) in [5.41, 5.74) is 1.18. The maximum Gasteiger partial charge on any atom is 0.224 e. The minimum atomic E-state index is 0.0731. The fourth-order valence-electron chi connectivity index (χ4n) is 3.80. The first-order valence-corrected chi connectivity index (χ1v) is 8.78. The van der Waals surface area contributed by atoms with E-state index in [0.717, 1.165) is 37.6 Å². The smallest absolute Gasteiger partial charge is 0.224 e. The Hall–Kier alpha value is -1.79. The van der Waals surface area contributed by atoms with Gasteiger partial charge in [0, 0.05) is 45.7 Å². The van der Waals surface area contributed by atoms with Gasteiger partial charge in [0.05, 0.1) is 32.8 Å². The van der Waals surface area contributed by atoms with E-state index in [1.165, 1.54) is 5.56 Å². The van der Waals surface area contributed by atoms with Gasteiger partial charge in [-0.2, -0.15) is 0 Å². The molecule has 1 aromatic carbocycles. The van der Waals surface area contributed by atoms with Gasteiger partial charge < -0.3 is 19.1 Å². The van der Waals surface area contributed by atoms with E-state index in [2.05, 4.69) is 17.0 Å². The third-order valence-corrected chi connectivity index (χ3v) is 5.11. The van der Waals surface area contributed by atoms with Crippen LogP contribution in [0, 0.1) is 5.92 Å². The van der Waals surface area contributed by atoms with E-state index in [-0.39, 0.29) is 18.1 Å². The molecule has 2 saturated heterocycles. The van der Waals surface area contributed by atoms with Crippen LogP contribution in [0.3, 0.4) is 0 Å². The first-order valence-electron chi connectivity index (χ1n) is 8.78. The lowest BCUT2D eigenvalue weighted by atomic mass is 10.0. The summed E-state index contributed by atoms with van der Waals surface area (Å²) in [6.45, 7) is 2.78. The van der Waals surface area contributed by atoms with Crippen LogP contribution in [0.1, 0.15) is 18.4 Å². The lowest BCUT2D eigenvalue weighted by Gasteiger charge is -2.20. The molecular formula is C19H28N2O4. The van der Waals surface area contributed by atoms with Crippen LogP contribution in [0.5, 0.6) is 11.5 Å². The van der Waals surface area contributed by atoms with Crippen LogP contribution in [-0.2, 0) is 16.1 Å². The molecule has 0 unspecified atom stereocenters. The molecule has 2 aliphatic rings.